The molecule has 0 bridgehead atoms. The van der Waals surface area contributed by atoms with Crippen LogP contribution in [0.25, 0.3) is 0 Å². The molecule has 0 aliphatic carbocycles. The molecular weight excluding hydrogens is 234 g/mol. The van der Waals surface area contributed by atoms with Crippen molar-refractivity contribution in [3.05, 3.63) is 18.5 Å². The predicted molar refractivity (Wildman–Crippen MR) is 65.0 cm³/mol. The summed E-state index contributed by atoms with van der Waals surface area (Å²) in [5, 5.41) is 17.0. The first-order valence-corrected chi connectivity index (χ1v) is 6.18. The molecule has 100 valence electrons. The van der Waals surface area contributed by atoms with Crippen molar-refractivity contribution in [2.75, 3.05) is 19.8 Å². The normalized spacial score (nSPS) is 20.3. The molecule has 6 heteroatoms. The molecular formula is C12H19N3O3. The molecule has 6 nitrogen and oxygen atoms in total. The lowest BCUT2D eigenvalue weighted by molar-refractivity contribution is -0.126. The van der Waals surface area contributed by atoms with E-state index >= 15 is 0 Å². The van der Waals surface area contributed by atoms with E-state index < -0.39 is 5.60 Å². The van der Waals surface area contributed by atoms with E-state index in [2.05, 4.69) is 10.4 Å². The van der Waals surface area contributed by atoms with Crippen LogP contribution in [0, 0.1) is 0 Å². The topological polar surface area (TPSA) is 76.4 Å². The molecule has 1 aromatic heterocycles. The van der Waals surface area contributed by atoms with Crippen LogP contribution in [0.3, 0.4) is 0 Å². The van der Waals surface area contributed by atoms with E-state index in [4.69, 9.17) is 4.74 Å². The monoisotopic (exact) mass is 253 g/mol. The van der Waals surface area contributed by atoms with Gasteiger partial charge in [-0.1, -0.05) is 0 Å². The number of aromatic nitrogens is 2. The molecule has 1 fully saturated rings. The smallest absolute Gasteiger partial charge is 0.244 e. The van der Waals surface area contributed by atoms with Gasteiger partial charge in [0.15, 0.2) is 0 Å². The Kier molecular flexibility index (Phi) is 3.98. The zero-order chi connectivity index (χ0) is 13.0. The van der Waals surface area contributed by atoms with E-state index in [-0.39, 0.29) is 18.5 Å². The molecule has 1 saturated heterocycles. The quantitative estimate of drug-likeness (QED) is 0.798. The van der Waals surface area contributed by atoms with E-state index in [1.165, 1.54) is 0 Å². The van der Waals surface area contributed by atoms with Gasteiger partial charge in [-0.05, 0) is 13.0 Å². The molecule has 2 N–H and O–H groups in total. The molecule has 0 saturated carbocycles. The van der Waals surface area contributed by atoms with Crippen LogP contribution in [-0.2, 0) is 9.53 Å². The first-order chi connectivity index (χ1) is 8.61. The first kappa shape index (κ1) is 13.0. The molecule has 18 heavy (non-hydrogen) atoms. The number of ether oxygens (including phenoxy) is 1. The van der Waals surface area contributed by atoms with Crippen LogP contribution in [0.4, 0.5) is 0 Å². The molecule has 1 unspecified atom stereocenters. The molecule has 0 aromatic carbocycles. The number of nitrogens with zero attached hydrogens (tertiary/aromatic N) is 2. The van der Waals surface area contributed by atoms with Gasteiger partial charge >= 0.3 is 0 Å². The predicted octanol–water partition coefficient (Wildman–Crippen LogP) is 0.102. The third kappa shape index (κ3) is 3.08. The van der Waals surface area contributed by atoms with E-state index in [1.807, 2.05) is 0 Å². The van der Waals surface area contributed by atoms with Crippen LogP contribution in [0.5, 0.6) is 0 Å². The third-order valence-corrected chi connectivity index (χ3v) is 3.32. The minimum absolute atomic E-state index is 0.140. The van der Waals surface area contributed by atoms with Crippen LogP contribution in [0.1, 0.15) is 25.8 Å². The Morgan fingerprint density at radius 3 is 2.94 bits per heavy atom. The van der Waals surface area contributed by atoms with E-state index in [1.54, 1.807) is 30.1 Å². The molecule has 1 aromatic rings. The highest BCUT2D eigenvalue weighted by molar-refractivity contribution is 5.79. The molecule has 1 amide bonds. The van der Waals surface area contributed by atoms with Crippen molar-refractivity contribution in [3.8, 4) is 0 Å². The van der Waals surface area contributed by atoms with Crippen molar-refractivity contribution in [1.82, 2.24) is 15.1 Å². The number of nitrogens with one attached hydrogen (secondary N) is 1. The highest BCUT2D eigenvalue weighted by Gasteiger charge is 2.30. The lowest BCUT2D eigenvalue weighted by atomic mass is 9.94. The standard InChI is InChI=1S/C12H19N3O3/c1-10(15-6-2-5-14-15)11(16)13-9-12(17)3-7-18-8-4-12/h2,5-6,10,17H,3-4,7-9H2,1H3,(H,13,16). The second-order valence-corrected chi connectivity index (χ2v) is 4.72. The number of aliphatic hydroxyl groups is 1. The van der Waals surface area contributed by atoms with Gasteiger partial charge in [0.25, 0.3) is 0 Å². The lowest BCUT2D eigenvalue weighted by Gasteiger charge is -2.32. The Morgan fingerprint density at radius 2 is 2.33 bits per heavy atom. The van der Waals surface area contributed by atoms with Crippen molar-refractivity contribution in [3.63, 3.8) is 0 Å². The minimum Gasteiger partial charge on any atom is -0.388 e. The zero-order valence-electron chi connectivity index (χ0n) is 10.5. The first-order valence-electron chi connectivity index (χ1n) is 6.18. The van der Waals surface area contributed by atoms with Gasteiger partial charge in [0.2, 0.25) is 5.91 Å². The minimum atomic E-state index is -0.836. The maximum Gasteiger partial charge on any atom is 0.244 e. The number of carbonyl (C=O) groups is 1. The number of rotatable bonds is 4. The molecule has 0 spiro atoms. The second-order valence-electron chi connectivity index (χ2n) is 4.72. The van der Waals surface area contributed by atoms with Gasteiger partial charge in [-0.3, -0.25) is 9.48 Å². The Morgan fingerprint density at radius 1 is 1.61 bits per heavy atom. The summed E-state index contributed by atoms with van der Waals surface area (Å²) in [6.07, 6.45) is 4.50. The van der Waals surface area contributed by atoms with Crippen LogP contribution < -0.4 is 5.32 Å². The molecule has 1 aliphatic rings. The molecule has 1 atom stereocenters. The number of hydrogen-bond acceptors (Lipinski definition) is 4. The van der Waals surface area contributed by atoms with Crippen molar-refractivity contribution in [1.29, 1.82) is 0 Å². The summed E-state index contributed by atoms with van der Waals surface area (Å²) in [4.78, 5) is 11.9. The van der Waals surface area contributed by atoms with Crippen LogP contribution in [0.15, 0.2) is 18.5 Å². The number of carbonyl (C=O) groups excluding carboxylic acids is 1. The Hall–Kier alpha value is -1.40. The fourth-order valence-electron chi connectivity index (χ4n) is 1.96. The average molecular weight is 253 g/mol. The fraction of sp³-hybridized carbons (Fsp3) is 0.667. The summed E-state index contributed by atoms with van der Waals surface area (Å²) in [7, 11) is 0. The maximum atomic E-state index is 11.9. The van der Waals surface area contributed by atoms with Gasteiger partial charge in [-0.25, -0.2) is 0 Å². The maximum absolute atomic E-state index is 11.9. The summed E-state index contributed by atoms with van der Waals surface area (Å²) in [6.45, 7) is 3.12. The third-order valence-electron chi connectivity index (χ3n) is 3.32. The van der Waals surface area contributed by atoms with Gasteiger partial charge in [0.1, 0.15) is 6.04 Å². The molecule has 2 rings (SSSR count). The van der Waals surface area contributed by atoms with Gasteiger partial charge in [0.05, 0.1) is 5.60 Å². The summed E-state index contributed by atoms with van der Waals surface area (Å²) < 4.78 is 6.78. The molecule has 1 aliphatic heterocycles. The van der Waals surface area contributed by atoms with Gasteiger partial charge in [-0.2, -0.15) is 5.10 Å². The van der Waals surface area contributed by atoms with Crippen molar-refractivity contribution in [2.45, 2.75) is 31.4 Å². The number of hydrogen-bond donors (Lipinski definition) is 2. The van der Waals surface area contributed by atoms with Crippen LogP contribution in [-0.4, -0.2) is 46.2 Å². The Labute approximate surface area is 106 Å². The Bertz CT molecular complexity index is 385. The highest BCUT2D eigenvalue weighted by Crippen LogP contribution is 2.19. The largest absolute Gasteiger partial charge is 0.388 e. The lowest BCUT2D eigenvalue weighted by Crippen LogP contribution is -2.47. The molecule has 0 radical (unpaired) electrons. The van der Waals surface area contributed by atoms with Gasteiger partial charge < -0.3 is 15.2 Å². The summed E-state index contributed by atoms with van der Waals surface area (Å²) in [5.41, 5.74) is -0.836. The summed E-state index contributed by atoms with van der Waals surface area (Å²) >= 11 is 0. The zero-order valence-corrected chi connectivity index (χ0v) is 10.5. The van der Waals surface area contributed by atoms with Crippen LogP contribution >= 0.6 is 0 Å². The summed E-state index contributed by atoms with van der Waals surface area (Å²) in [5.74, 6) is -0.140. The van der Waals surface area contributed by atoms with Gasteiger partial charge in [-0.15, -0.1) is 0 Å². The van der Waals surface area contributed by atoms with Crippen molar-refractivity contribution in [2.24, 2.45) is 0 Å². The van der Waals surface area contributed by atoms with Crippen molar-refractivity contribution < 1.29 is 14.6 Å². The van der Waals surface area contributed by atoms with E-state index in [9.17, 15) is 9.90 Å². The SMILES string of the molecule is CC(C(=O)NCC1(O)CCOCC1)n1cccn1. The van der Waals surface area contributed by atoms with Crippen molar-refractivity contribution >= 4 is 5.91 Å². The number of amides is 1. The van der Waals surface area contributed by atoms with E-state index in [0.29, 0.717) is 26.1 Å². The Balaban J connectivity index is 1.84. The van der Waals surface area contributed by atoms with E-state index in [0.717, 1.165) is 0 Å². The second kappa shape index (κ2) is 5.49. The average Bonchev–Trinajstić information content (AvgIpc) is 2.90. The highest BCUT2D eigenvalue weighted by atomic mass is 16.5. The fourth-order valence-corrected chi connectivity index (χ4v) is 1.96. The van der Waals surface area contributed by atoms with Gasteiger partial charge in [0, 0.05) is 45.0 Å². The van der Waals surface area contributed by atoms with Crippen LogP contribution in [0.2, 0.25) is 0 Å². The molecule has 2 heterocycles. The summed E-state index contributed by atoms with van der Waals surface area (Å²) in [6, 6.07) is 1.40.